The van der Waals surface area contributed by atoms with Crippen LogP contribution in [0.2, 0.25) is 0 Å². The van der Waals surface area contributed by atoms with Gasteiger partial charge in [-0.1, -0.05) is 6.07 Å². The van der Waals surface area contributed by atoms with Gasteiger partial charge in [-0.05, 0) is 69.4 Å². The van der Waals surface area contributed by atoms with Crippen molar-refractivity contribution >= 4 is 5.91 Å². The summed E-state index contributed by atoms with van der Waals surface area (Å²) in [5, 5.41) is 7.36. The van der Waals surface area contributed by atoms with E-state index in [1.807, 2.05) is 35.4 Å². The molecule has 4 heterocycles. The fourth-order valence-electron chi connectivity index (χ4n) is 4.77. The molecule has 1 N–H and O–H groups in total. The van der Waals surface area contributed by atoms with Gasteiger partial charge in [0.2, 0.25) is 5.91 Å². The minimum atomic E-state index is 0.136. The topological polar surface area (TPSA) is 66.3 Å². The number of hydrogen-bond donors (Lipinski definition) is 1. The minimum Gasteiger partial charge on any atom is -0.356 e. The smallest absolute Gasteiger partial charge is 0.224 e. The Morgan fingerprint density at radius 3 is 2.80 bits per heavy atom. The first-order valence-corrected chi connectivity index (χ1v) is 11.4. The molecule has 2 saturated heterocycles. The summed E-state index contributed by atoms with van der Waals surface area (Å²) < 4.78 is 1.91. The van der Waals surface area contributed by atoms with E-state index < -0.39 is 0 Å². The highest BCUT2D eigenvalue weighted by Gasteiger charge is 2.31. The molecule has 2 aromatic rings. The molecule has 30 heavy (non-hydrogen) atoms. The number of nitrogens with one attached hydrogen (secondary N) is 1. The van der Waals surface area contributed by atoms with Gasteiger partial charge in [0, 0.05) is 57.0 Å². The highest BCUT2D eigenvalue weighted by molar-refractivity contribution is 5.78. The molecule has 0 radical (unpaired) electrons. The highest BCUT2D eigenvalue weighted by Crippen LogP contribution is 2.24. The van der Waals surface area contributed by atoms with Crippen molar-refractivity contribution in [1.29, 1.82) is 0 Å². The lowest BCUT2D eigenvalue weighted by molar-refractivity contribution is -0.127. The number of hydrogen-bond acceptors (Lipinski definition) is 5. The Balaban J connectivity index is 1.17. The molecule has 1 amide bonds. The number of amides is 1. The molecule has 7 heteroatoms. The number of rotatable bonds is 8. The Kier molecular flexibility index (Phi) is 7.48. The van der Waals surface area contributed by atoms with Crippen LogP contribution >= 0.6 is 0 Å². The van der Waals surface area contributed by atoms with E-state index in [1.54, 1.807) is 6.20 Å². The number of piperidine rings is 2. The molecule has 2 aromatic heterocycles. The van der Waals surface area contributed by atoms with Gasteiger partial charge in [-0.3, -0.25) is 24.3 Å². The van der Waals surface area contributed by atoms with Crippen molar-refractivity contribution in [3.63, 3.8) is 0 Å². The summed E-state index contributed by atoms with van der Waals surface area (Å²) in [5.74, 6) is 0.367. The first-order chi connectivity index (χ1) is 14.8. The average molecular weight is 411 g/mol. The zero-order valence-electron chi connectivity index (χ0n) is 17.8. The third kappa shape index (κ3) is 5.89. The summed E-state index contributed by atoms with van der Waals surface area (Å²) in [6.45, 7) is 6.86. The van der Waals surface area contributed by atoms with Crippen molar-refractivity contribution in [3.05, 3.63) is 48.5 Å². The lowest BCUT2D eigenvalue weighted by Crippen LogP contribution is -2.50. The number of likely N-dealkylation sites (tertiary alicyclic amines) is 2. The number of pyridine rings is 1. The summed E-state index contributed by atoms with van der Waals surface area (Å²) >= 11 is 0. The number of aryl methyl sites for hydroxylation is 1. The molecule has 2 aliphatic rings. The van der Waals surface area contributed by atoms with Crippen molar-refractivity contribution in [3.8, 4) is 0 Å². The summed E-state index contributed by atoms with van der Waals surface area (Å²) in [6, 6.07) is 6.71. The maximum atomic E-state index is 12.7. The zero-order valence-corrected chi connectivity index (χ0v) is 17.8. The van der Waals surface area contributed by atoms with Crippen LogP contribution < -0.4 is 5.32 Å². The first-order valence-electron chi connectivity index (χ1n) is 11.4. The van der Waals surface area contributed by atoms with Crippen LogP contribution in [0.15, 0.2) is 43.0 Å². The third-order valence-corrected chi connectivity index (χ3v) is 6.45. The largest absolute Gasteiger partial charge is 0.356 e. The molecule has 2 fully saturated rings. The van der Waals surface area contributed by atoms with Gasteiger partial charge in [-0.15, -0.1) is 0 Å². The Morgan fingerprint density at radius 1 is 1.13 bits per heavy atom. The molecule has 0 spiro atoms. The van der Waals surface area contributed by atoms with Gasteiger partial charge in [0.05, 0.1) is 5.92 Å². The molecule has 0 aromatic carbocycles. The zero-order chi connectivity index (χ0) is 20.6. The van der Waals surface area contributed by atoms with Crippen LogP contribution in [-0.4, -0.2) is 69.2 Å². The lowest BCUT2D eigenvalue weighted by Gasteiger charge is -2.42. The summed E-state index contributed by atoms with van der Waals surface area (Å²) in [6.07, 6.45) is 13.0. The van der Waals surface area contributed by atoms with E-state index in [0.29, 0.717) is 6.04 Å². The Hall–Kier alpha value is -2.25. The Morgan fingerprint density at radius 2 is 2.03 bits per heavy atom. The second-order valence-electron chi connectivity index (χ2n) is 8.62. The number of carbonyl (C=O) groups is 1. The molecular weight excluding hydrogens is 376 g/mol. The van der Waals surface area contributed by atoms with Crippen molar-refractivity contribution in [2.75, 3.05) is 32.7 Å². The van der Waals surface area contributed by atoms with Gasteiger partial charge in [0.1, 0.15) is 0 Å². The van der Waals surface area contributed by atoms with Gasteiger partial charge in [-0.25, -0.2) is 0 Å². The van der Waals surface area contributed by atoms with Crippen LogP contribution in [-0.2, 0) is 17.9 Å². The summed E-state index contributed by atoms with van der Waals surface area (Å²) in [5.41, 5.74) is 1.29. The van der Waals surface area contributed by atoms with Crippen molar-refractivity contribution in [1.82, 2.24) is 29.9 Å². The molecule has 162 valence electrons. The van der Waals surface area contributed by atoms with Gasteiger partial charge < -0.3 is 5.32 Å². The minimum absolute atomic E-state index is 0.136. The second kappa shape index (κ2) is 10.7. The van der Waals surface area contributed by atoms with Crippen molar-refractivity contribution < 1.29 is 4.79 Å². The van der Waals surface area contributed by atoms with Gasteiger partial charge in [0.25, 0.3) is 0 Å². The molecule has 0 aliphatic carbocycles. The average Bonchev–Trinajstić information content (AvgIpc) is 3.31. The van der Waals surface area contributed by atoms with E-state index in [0.717, 1.165) is 65.1 Å². The molecular formula is C23H34N6O. The van der Waals surface area contributed by atoms with Crippen LogP contribution in [0.25, 0.3) is 0 Å². The molecule has 0 bridgehead atoms. The van der Waals surface area contributed by atoms with Crippen LogP contribution in [0.4, 0.5) is 0 Å². The molecule has 2 aliphatic heterocycles. The number of nitrogens with zero attached hydrogens (tertiary/aromatic N) is 5. The monoisotopic (exact) mass is 410 g/mol. The Bertz CT molecular complexity index is 757. The van der Waals surface area contributed by atoms with Crippen molar-refractivity contribution in [2.24, 2.45) is 5.92 Å². The van der Waals surface area contributed by atoms with Crippen LogP contribution in [0.5, 0.6) is 0 Å². The maximum absolute atomic E-state index is 12.7. The lowest BCUT2D eigenvalue weighted by atomic mass is 9.93. The van der Waals surface area contributed by atoms with Crippen LogP contribution in [0.1, 0.15) is 37.7 Å². The molecule has 4 rings (SSSR count). The summed E-state index contributed by atoms with van der Waals surface area (Å²) in [4.78, 5) is 22.0. The van der Waals surface area contributed by atoms with E-state index in [1.165, 1.54) is 18.4 Å². The van der Waals surface area contributed by atoms with E-state index in [9.17, 15) is 4.79 Å². The van der Waals surface area contributed by atoms with E-state index >= 15 is 0 Å². The molecule has 1 unspecified atom stereocenters. The van der Waals surface area contributed by atoms with Gasteiger partial charge >= 0.3 is 0 Å². The van der Waals surface area contributed by atoms with E-state index in [4.69, 9.17) is 0 Å². The quantitative estimate of drug-likeness (QED) is 0.676. The van der Waals surface area contributed by atoms with Gasteiger partial charge in [0.15, 0.2) is 0 Å². The second-order valence-corrected chi connectivity index (χ2v) is 8.62. The highest BCUT2D eigenvalue weighted by atomic mass is 16.1. The van der Waals surface area contributed by atoms with Crippen molar-refractivity contribution in [2.45, 2.75) is 51.2 Å². The molecule has 1 atom stereocenters. The normalized spacial score (nSPS) is 21.5. The van der Waals surface area contributed by atoms with E-state index in [-0.39, 0.29) is 11.8 Å². The number of aromatic nitrogens is 3. The Labute approximate surface area is 179 Å². The predicted molar refractivity (Wildman–Crippen MR) is 117 cm³/mol. The van der Waals surface area contributed by atoms with Gasteiger partial charge in [-0.2, -0.15) is 5.10 Å². The molecule has 0 saturated carbocycles. The third-order valence-electron chi connectivity index (χ3n) is 6.45. The summed E-state index contributed by atoms with van der Waals surface area (Å²) in [7, 11) is 0. The van der Waals surface area contributed by atoms with Crippen LogP contribution in [0, 0.1) is 5.92 Å². The van der Waals surface area contributed by atoms with Crippen LogP contribution in [0.3, 0.4) is 0 Å². The standard InChI is InChI=1S/C23H34N6O/c30-23(25-10-3-13-29-14-4-11-26-29)21-6-2-12-28(19-21)22-7-15-27(16-8-22)18-20-5-1-9-24-17-20/h1,4-5,9,11,14,17,21-22H,2-3,6-8,10,12-13,15-16,18-19H2,(H,25,30). The maximum Gasteiger partial charge on any atom is 0.224 e. The molecule has 7 nitrogen and oxygen atoms in total. The van der Waals surface area contributed by atoms with E-state index in [2.05, 4.69) is 31.3 Å². The fraction of sp³-hybridized carbons (Fsp3) is 0.609. The SMILES string of the molecule is O=C(NCCCn1cccn1)C1CCCN(C2CCN(Cc3cccnc3)CC2)C1. The first kappa shape index (κ1) is 21.0. The predicted octanol–water partition coefficient (Wildman–Crippen LogP) is 2.16. The number of carbonyl (C=O) groups excluding carboxylic acids is 1. The fourth-order valence-corrected chi connectivity index (χ4v) is 4.77.